The fourth-order valence-corrected chi connectivity index (χ4v) is 1.26. The maximum Gasteiger partial charge on any atom is 0.114 e. The van der Waals surface area contributed by atoms with Crippen molar-refractivity contribution in [3.05, 3.63) is 11.8 Å². The van der Waals surface area contributed by atoms with Crippen LogP contribution in [0.3, 0.4) is 0 Å². The van der Waals surface area contributed by atoms with Crippen molar-refractivity contribution in [3.63, 3.8) is 0 Å². The van der Waals surface area contributed by atoms with Crippen LogP contribution in [0, 0.1) is 0 Å². The number of alkyl halides is 3. The zero-order valence-electron chi connectivity index (χ0n) is 4.07. The molecule has 0 spiro atoms. The predicted octanol–water partition coefficient (Wildman–Crippen LogP) is 2.20. The molecular weight excluding hydrogens is 182 g/mol. The third-order valence-electron chi connectivity index (χ3n) is 0.429. The van der Waals surface area contributed by atoms with E-state index in [9.17, 15) is 0 Å². The molecule has 0 N–H and O–H groups in total. The van der Waals surface area contributed by atoms with Crippen LogP contribution >= 0.6 is 34.8 Å². The molecule has 2 radical (unpaired) electrons. The monoisotopic (exact) mass is 186 g/mol. The van der Waals surface area contributed by atoms with Crippen LogP contribution in [0.2, 0.25) is 0 Å². The molecule has 0 unspecified atom stereocenters. The van der Waals surface area contributed by atoms with E-state index in [1.165, 1.54) is 0 Å². The normalized spacial score (nSPS) is 11.5. The van der Waals surface area contributed by atoms with Crippen molar-refractivity contribution < 1.29 is 0 Å². The molecule has 0 fully saturated rings. The quantitative estimate of drug-likeness (QED) is 0.469. The summed E-state index contributed by atoms with van der Waals surface area (Å²) in [7, 11) is 0.461. The van der Waals surface area contributed by atoms with E-state index in [1.54, 1.807) is 0 Å². The van der Waals surface area contributed by atoms with Gasteiger partial charge in [-0.3, -0.25) is 0 Å². The Bertz CT molecular complexity index is 71.7. The summed E-state index contributed by atoms with van der Waals surface area (Å²) >= 11 is 16.1. The van der Waals surface area contributed by atoms with Crippen molar-refractivity contribution in [2.24, 2.45) is 0 Å². The lowest BCUT2D eigenvalue weighted by atomic mass is 10.8. The van der Waals surface area contributed by atoms with Gasteiger partial charge in [-0.15, -0.1) is 34.8 Å². The Morgan fingerprint density at radius 3 is 2.50 bits per heavy atom. The van der Waals surface area contributed by atoms with Gasteiger partial charge in [-0.1, -0.05) is 11.8 Å². The van der Waals surface area contributed by atoms with Gasteiger partial charge in [-0.2, -0.15) is 0 Å². The number of halogens is 3. The molecule has 0 rings (SSSR count). The second kappa shape index (κ2) is 5.95. The van der Waals surface area contributed by atoms with Gasteiger partial charge in [-0.05, 0) is 0 Å². The molecule has 0 saturated heterocycles. The fourth-order valence-electron chi connectivity index (χ4n) is 0.185. The second-order valence-corrected chi connectivity index (χ2v) is 4.40. The number of hydrogen-bond acceptors (Lipinski definition) is 0. The smallest absolute Gasteiger partial charge is 0.114 e. The third kappa shape index (κ3) is 6.83. The van der Waals surface area contributed by atoms with Gasteiger partial charge in [-0.25, -0.2) is 0 Å². The molecule has 8 heavy (non-hydrogen) atoms. The van der Waals surface area contributed by atoms with Crippen LogP contribution in [0.25, 0.3) is 0 Å². The summed E-state index contributed by atoms with van der Waals surface area (Å²) in [6.07, 6.45) is 1.83. The summed E-state index contributed by atoms with van der Waals surface area (Å²) < 4.78 is -0.269. The van der Waals surface area contributed by atoms with E-state index in [-0.39, 0.29) is 4.46 Å². The zero-order chi connectivity index (χ0) is 6.41. The first kappa shape index (κ1) is 8.83. The molecule has 0 aromatic carbocycles. The minimum atomic E-state index is -0.269. The van der Waals surface area contributed by atoms with Crippen LogP contribution in [0.1, 0.15) is 0 Å². The summed E-state index contributed by atoms with van der Waals surface area (Å²) in [6, 6.07) is 0. The van der Waals surface area contributed by atoms with Crippen molar-refractivity contribution in [1.82, 2.24) is 0 Å². The fraction of sp³-hybridized carbons (Fsp3) is 0.500. The van der Waals surface area contributed by atoms with Gasteiger partial charge in [0.05, 0.1) is 4.46 Å². The third-order valence-corrected chi connectivity index (χ3v) is 2.04. The molecule has 0 aliphatic heterocycles. The molecule has 0 saturated carbocycles. The van der Waals surface area contributed by atoms with Crippen LogP contribution < -0.4 is 0 Å². The lowest BCUT2D eigenvalue weighted by Gasteiger charge is -1.87. The summed E-state index contributed by atoms with van der Waals surface area (Å²) in [5.74, 6) is 0.535. The van der Waals surface area contributed by atoms with Gasteiger partial charge in [0.25, 0.3) is 0 Å². The molecule has 0 heterocycles. The Kier molecular flexibility index (Phi) is 6.57. The van der Waals surface area contributed by atoms with Gasteiger partial charge in [0.2, 0.25) is 0 Å². The Morgan fingerprint density at radius 2 is 2.12 bits per heavy atom. The Morgan fingerprint density at radius 1 is 1.50 bits per heavy atom. The van der Waals surface area contributed by atoms with Crippen LogP contribution in [-0.4, -0.2) is 19.9 Å². The number of rotatable bonds is 3. The maximum atomic E-state index is 5.40. The summed E-state index contributed by atoms with van der Waals surface area (Å²) in [6.45, 7) is 0. The number of hydrogen-bond donors (Lipinski definition) is 0. The van der Waals surface area contributed by atoms with Gasteiger partial charge < -0.3 is 0 Å². The average molecular weight is 188 g/mol. The first-order valence-corrected chi connectivity index (χ1v) is 4.58. The summed E-state index contributed by atoms with van der Waals surface area (Å²) in [4.78, 5) is 0. The molecule has 0 aromatic rings. The summed E-state index contributed by atoms with van der Waals surface area (Å²) in [5.41, 5.74) is 1.89. The van der Waals surface area contributed by atoms with Gasteiger partial charge >= 0.3 is 0 Å². The van der Waals surface area contributed by atoms with E-state index in [4.69, 9.17) is 34.8 Å². The molecule has 0 aliphatic carbocycles. The Labute approximate surface area is 66.6 Å². The van der Waals surface area contributed by atoms with E-state index in [2.05, 4.69) is 0 Å². The minimum Gasteiger partial charge on any atom is -0.122 e. The first-order chi connectivity index (χ1) is 3.77. The van der Waals surface area contributed by atoms with Gasteiger partial charge in [0.15, 0.2) is 0 Å². The highest BCUT2D eigenvalue weighted by Crippen LogP contribution is 1.98. The lowest BCUT2D eigenvalue weighted by Crippen LogP contribution is -1.96. The van der Waals surface area contributed by atoms with E-state index in [1.807, 2.05) is 11.8 Å². The predicted molar refractivity (Wildman–Crippen MR) is 41.1 cm³/mol. The minimum absolute atomic E-state index is 0.269. The van der Waals surface area contributed by atoms with Crippen LogP contribution in [0.15, 0.2) is 11.8 Å². The van der Waals surface area contributed by atoms with E-state index < -0.39 is 0 Å². The Balaban J connectivity index is 3.03. The largest absolute Gasteiger partial charge is 0.122 e. The molecule has 0 atom stereocenters. The van der Waals surface area contributed by atoms with Crippen molar-refractivity contribution in [1.29, 1.82) is 0 Å². The standard InChI is InChI=1S/C4H5Cl3Si/c5-2-1-3-8-4(6)7/h1,3-4H,2H2/b3-1+. The molecule has 0 aliphatic rings. The van der Waals surface area contributed by atoms with Gasteiger partial charge in [0.1, 0.15) is 9.52 Å². The molecule has 0 aromatic heterocycles. The molecule has 4 heteroatoms. The summed E-state index contributed by atoms with van der Waals surface area (Å²) in [5, 5.41) is 0. The van der Waals surface area contributed by atoms with Crippen molar-refractivity contribution in [2.45, 2.75) is 4.46 Å². The average Bonchev–Trinajstić information content (AvgIpc) is 1.66. The van der Waals surface area contributed by atoms with E-state index in [0.29, 0.717) is 15.4 Å². The zero-order valence-corrected chi connectivity index (χ0v) is 7.34. The second-order valence-electron chi connectivity index (χ2n) is 1.02. The van der Waals surface area contributed by atoms with Crippen LogP contribution in [0.4, 0.5) is 0 Å². The molecule has 0 nitrogen and oxygen atoms in total. The number of allylic oxidation sites excluding steroid dienone is 1. The van der Waals surface area contributed by atoms with Crippen LogP contribution in [0.5, 0.6) is 0 Å². The highest BCUT2D eigenvalue weighted by atomic mass is 35.5. The van der Waals surface area contributed by atoms with Crippen molar-refractivity contribution >= 4 is 44.3 Å². The van der Waals surface area contributed by atoms with E-state index >= 15 is 0 Å². The van der Waals surface area contributed by atoms with Crippen LogP contribution in [-0.2, 0) is 0 Å². The SMILES string of the molecule is ClC/C=C/[Si]C(Cl)Cl. The molecule has 0 amide bonds. The maximum absolute atomic E-state index is 5.40. The molecular formula is C4H5Cl3Si. The molecule has 46 valence electrons. The highest BCUT2D eigenvalue weighted by Gasteiger charge is 1.92. The molecule has 0 bridgehead atoms. The van der Waals surface area contributed by atoms with E-state index in [0.717, 1.165) is 0 Å². The topological polar surface area (TPSA) is 0 Å². The lowest BCUT2D eigenvalue weighted by molar-refractivity contribution is 1.76. The van der Waals surface area contributed by atoms with Crippen molar-refractivity contribution in [2.75, 3.05) is 5.88 Å². The first-order valence-electron chi connectivity index (χ1n) is 2.02. The van der Waals surface area contributed by atoms with Gasteiger partial charge in [0, 0.05) is 5.88 Å². The van der Waals surface area contributed by atoms with Crippen molar-refractivity contribution in [3.8, 4) is 0 Å². The highest BCUT2D eigenvalue weighted by molar-refractivity contribution is 6.71. The Hall–Kier alpha value is 0.827.